The van der Waals surface area contributed by atoms with Crippen LogP contribution in [0.5, 0.6) is 0 Å². The largest absolute Gasteiger partial charge is 0.319 e. The van der Waals surface area contributed by atoms with Crippen molar-refractivity contribution in [3.05, 3.63) is 89.0 Å². The van der Waals surface area contributed by atoms with Gasteiger partial charge >= 0.3 is 0 Å². The first-order chi connectivity index (χ1) is 13.7. The van der Waals surface area contributed by atoms with Crippen molar-refractivity contribution in [1.82, 2.24) is 0 Å². The normalized spacial score (nSPS) is 11.2. The molecule has 150 valence electrons. The standard InChI is InChI=1S/C20H15ClF2N2O3S/c1-25(29(27,28)17-9-4-14(21)5-10-17)16-7-2-13(3-8-16)20(26)24-19-11-6-15(22)12-18(19)23/h2-12H,1H3,(H,24,26). The third-order valence-electron chi connectivity index (χ3n) is 4.14. The first-order valence-corrected chi connectivity index (χ1v) is 10.1. The average Bonchev–Trinajstić information content (AvgIpc) is 2.70. The average molecular weight is 437 g/mol. The lowest BCUT2D eigenvalue weighted by Gasteiger charge is -2.20. The lowest BCUT2D eigenvalue weighted by Crippen LogP contribution is -2.26. The van der Waals surface area contributed by atoms with Gasteiger partial charge in [-0.1, -0.05) is 11.6 Å². The first-order valence-electron chi connectivity index (χ1n) is 8.29. The van der Waals surface area contributed by atoms with E-state index in [1.807, 2.05) is 0 Å². The zero-order chi connectivity index (χ0) is 21.2. The van der Waals surface area contributed by atoms with Crippen LogP contribution < -0.4 is 9.62 Å². The molecule has 3 aromatic rings. The van der Waals surface area contributed by atoms with Crippen LogP contribution in [0.2, 0.25) is 5.02 Å². The maximum atomic E-state index is 13.7. The molecule has 0 radical (unpaired) electrons. The number of carbonyl (C=O) groups excluding carboxylic acids is 1. The molecule has 1 N–H and O–H groups in total. The minimum absolute atomic E-state index is 0.0676. The van der Waals surface area contributed by atoms with E-state index >= 15 is 0 Å². The van der Waals surface area contributed by atoms with Crippen LogP contribution in [0.15, 0.2) is 71.6 Å². The summed E-state index contributed by atoms with van der Waals surface area (Å²) in [5.74, 6) is -2.27. The number of halogens is 3. The SMILES string of the molecule is CN(c1ccc(C(=O)Nc2ccc(F)cc2F)cc1)S(=O)(=O)c1ccc(Cl)cc1. The molecule has 3 aromatic carbocycles. The van der Waals surface area contributed by atoms with Gasteiger partial charge in [0, 0.05) is 23.7 Å². The molecule has 0 aliphatic carbocycles. The van der Waals surface area contributed by atoms with Crippen molar-refractivity contribution in [2.45, 2.75) is 4.90 Å². The van der Waals surface area contributed by atoms with Gasteiger partial charge in [-0.2, -0.15) is 0 Å². The highest BCUT2D eigenvalue weighted by Gasteiger charge is 2.21. The van der Waals surface area contributed by atoms with Gasteiger partial charge in [0.05, 0.1) is 16.3 Å². The van der Waals surface area contributed by atoms with Crippen molar-refractivity contribution in [3.63, 3.8) is 0 Å². The topological polar surface area (TPSA) is 66.5 Å². The number of nitrogens with zero attached hydrogens (tertiary/aromatic N) is 1. The molecule has 0 heterocycles. The van der Waals surface area contributed by atoms with E-state index in [9.17, 15) is 22.0 Å². The lowest BCUT2D eigenvalue weighted by atomic mass is 10.2. The fraction of sp³-hybridized carbons (Fsp3) is 0.0500. The molecule has 0 aliphatic heterocycles. The molecule has 9 heteroatoms. The van der Waals surface area contributed by atoms with Crippen molar-refractivity contribution in [1.29, 1.82) is 0 Å². The number of benzene rings is 3. The second-order valence-electron chi connectivity index (χ2n) is 6.05. The molecule has 29 heavy (non-hydrogen) atoms. The smallest absolute Gasteiger partial charge is 0.264 e. The van der Waals surface area contributed by atoms with Gasteiger partial charge in [0.15, 0.2) is 0 Å². The van der Waals surface area contributed by atoms with Gasteiger partial charge in [0.1, 0.15) is 11.6 Å². The lowest BCUT2D eigenvalue weighted by molar-refractivity contribution is 0.102. The van der Waals surface area contributed by atoms with Crippen LogP contribution in [-0.4, -0.2) is 21.4 Å². The quantitative estimate of drug-likeness (QED) is 0.630. The Hall–Kier alpha value is -2.97. The van der Waals surface area contributed by atoms with Crippen molar-refractivity contribution in [3.8, 4) is 0 Å². The third kappa shape index (κ3) is 4.55. The Morgan fingerprint density at radius 2 is 1.59 bits per heavy atom. The molecule has 0 saturated carbocycles. The van der Waals surface area contributed by atoms with E-state index in [2.05, 4.69) is 5.32 Å². The summed E-state index contributed by atoms with van der Waals surface area (Å²) < 4.78 is 53.1. The van der Waals surface area contributed by atoms with Gasteiger partial charge in [-0.05, 0) is 60.7 Å². The van der Waals surface area contributed by atoms with Gasteiger partial charge in [-0.3, -0.25) is 9.10 Å². The molecule has 0 atom stereocenters. The molecule has 3 rings (SSSR count). The third-order valence-corrected chi connectivity index (χ3v) is 6.20. The number of nitrogens with one attached hydrogen (secondary N) is 1. The Labute approximate surface area is 171 Å². The van der Waals surface area contributed by atoms with Crippen LogP contribution in [0.3, 0.4) is 0 Å². The highest BCUT2D eigenvalue weighted by atomic mass is 35.5. The molecule has 0 bridgehead atoms. The zero-order valence-corrected chi connectivity index (χ0v) is 16.6. The Morgan fingerprint density at radius 3 is 2.17 bits per heavy atom. The van der Waals surface area contributed by atoms with E-state index in [1.165, 1.54) is 55.6 Å². The summed E-state index contributed by atoms with van der Waals surface area (Å²) in [6.45, 7) is 0. The van der Waals surface area contributed by atoms with Gasteiger partial charge in [-0.25, -0.2) is 17.2 Å². The van der Waals surface area contributed by atoms with Crippen LogP contribution in [0.4, 0.5) is 20.2 Å². The number of rotatable bonds is 5. The van der Waals surface area contributed by atoms with Gasteiger partial charge in [-0.15, -0.1) is 0 Å². The maximum Gasteiger partial charge on any atom is 0.264 e. The monoisotopic (exact) mass is 436 g/mol. The minimum Gasteiger partial charge on any atom is -0.319 e. The van der Waals surface area contributed by atoms with E-state index < -0.39 is 27.6 Å². The van der Waals surface area contributed by atoms with E-state index in [0.29, 0.717) is 16.8 Å². The predicted molar refractivity (Wildman–Crippen MR) is 108 cm³/mol. The molecule has 0 saturated heterocycles. The van der Waals surface area contributed by atoms with Crippen molar-refractivity contribution < 1.29 is 22.0 Å². The zero-order valence-electron chi connectivity index (χ0n) is 15.1. The Morgan fingerprint density at radius 1 is 0.966 bits per heavy atom. The molecule has 0 aromatic heterocycles. The summed E-state index contributed by atoms with van der Waals surface area (Å²) in [7, 11) is -2.43. The first kappa shape index (κ1) is 20.8. The molecule has 0 spiro atoms. The summed E-state index contributed by atoms with van der Waals surface area (Å²) in [6, 6.07) is 14.2. The van der Waals surface area contributed by atoms with Crippen LogP contribution in [0.25, 0.3) is 0 Å². The van der Waals surface area contributed by atoms with Crippen LogP contribution in [-0.2, 0) is 10.0 Å². The van der Waals surface area contributed by atoms with Crippen molar-refractivity contribution >= 4 is 38.9 Å². The molecule has 0 unspecified atom stereocenters. The number of amides is 1. The fourth-order valence-corrected chi connectivity index (χ4v) is 3.83. The van der Waals surface area contributed by atoms with Crippen LogP contribution in [0, 0.1) is 11.6 Å². The Balaban J connectivity index is 1.78. The Kier molecular flexibility index (Phi) is 5.86. The van der Waals surface area contributed by atoms with Gasteiger partial charge in [0.25, 0.3) is 15.9 Å². The number of hydrogen-bond acceptors (Lipinski definition) is 3. The van der Waals surface area contributed by atoms with E-state index in [1.54, 1.807) is 0 Å². The maximum absolute atomic E-state index is 13.7. The van der Waals surface area contributed by atoms with Crippen molar-refractivity contribution in [2.75, 3.05) is 16.7 Å². The van der Waals surface area contributed by atoms with E-state index in [0.717, 1.165) is 16.4 Å². The second kappa shape index (κ2) is 8.18. The van der Waals surface area contributed by atoms with Crippen molar-refractivity contribution in [2.24, 2.45) is 0 Å². The molecular formula is C20H15ClF2N2O3S. The number of anilines is 2. The molecule has 1 amide bonds. The summed E-state index contributed by atoms with van der Waals surface area (Å²) in [6.07, 6.45) is 0. The van der Waals surface area contributed by atoms with Gasteiger partial charge < -0.3 is 5.32 Å². The number of carbonyl (C=O) groups is 1. The number of sulfonamides is 1. The summed E-state index contributed by atoms with van der Waals surface area (Å²) in [4.78, 5) is 12.3. The Bertz CT molecular complexity index is 1150. The fourth-order valence-electron chi connectivity index (χ4n) is 2.51. The van der Waals surface area contributed by atoms with E-state index in [4.69, 9.17) is 11.6 Å². The van der Waals surface area contributed by atoms with Crippen LogP contribution >= 0.6 is 11.6 Å². The molecule has 5 nitrogen and oxygen atoms in total. The highest BCUT2D eigenvalue weighted by molar-refractivity contribution is 7.92. The molecular weight excluding hydrogens is 422 g/mol. The minimum atomic E-state index is -3.81. The predicted octanol–water partition coefficient (Wildman–Crippen LogP) is 4.70. The second-order valence-corrected chi connectivity index (χ2v) is 8.46. The van der Waals surface area contributed by atoms with Gasteiger partial charge in [0.2, 0.25) is 0 Å². The molecule has 0 fully saturated rings. The van der Waals surface area contributed by atoms with Crippen LogP contribution in [0.1, 0.15) is 10.4 Å². The highest BCUT2D eigenvalue weighted by Crippen LogP contribution is 2.24. The summed E-state index contributed by atoms with van der Waals surface area (Å²) >= 11 is 5.79. The summed E-state index contributed by atoms with van der Waals surface area (Å²) in [5, 5.41) is 2.76. The molecule has 0 aliphatic rings. The summed E-state index contributed by atoms with van der Waals surface area (Å²) in [5.41, 5.74) is 0.335. The number of hydrogen-bond donors (Lipinski definition) is 1. The van der Waals surface area contributed by atoms with E-state index in [-0.39, 0.29) is 16.1 Å².